The summed E-state index contributed by atoms with van der Waals surface area (Å²) in [6, 6.07) is 11.7. The molecule has 2 rings (SSSR count). The van der Waals surface area contributed by atoms with Crippen molar-refractivity contribution in [2.45, 2.75) is 6.61 Å². The smallest absolute Gasteiger partial charge is 0.387 e. The Morgan fingerprint density at radius 2 is 1.92 bits per heavy atom. The van der Waals surface area contributed by atoms with Crippen molar-refractivity contribution >= 4 is 33.6 Å². The van der Waals surface area contributed by atoms with E-state index >= 15 is 0 Å². The zero-order chi connectivity index (χ0) is 17.5. The molecule has 0 heterocycles. The average Bonchev–Trinajstić information content (AvgIpc) is 2.55. The number of hydrogen-bond acceptors (Lipinski definition) is 3. The van der Waals surface area contributed by atoms with E-state index in [1.165, 1.54) is 25.3 Å². The minimum Gasteiger partial charge on any atom is -0.493 e. The number of hydrogen-bond donors (Lipinski definition) is 1. The number of ether oxygens (including phenoxy) is 2. The highest BCUT2D eigenvalue weighted by Crippen LogP contribution is 2.33. The Morgan fingerprint density at radius 1 is 1.21 bits per heavy atom. The van der Waals surface area contributed by atoms with Crippen LogP contribution in [0.5, 0.6) is 11.5 Å². The monoisotopic (exact) mass is 397 g/mol. The van der Waals surface area contributed by atoms with Crippen molar-refractivity contribution in [2.75, 3.05) is 12.4 Å². The fourth-order valence-corrected chi connectivity index (χ4v) is 2.19. The molecule has 0 saturated carbocycles. The first-order valence-electron chi connectivity index (χ1n) is 6.86. The summed E-state index contributed by atoms with van der Waals surface area (Å²) in [5.74, 6) is -0.364. The van der Waals surface area contributed by atoms with Gasteiger partial charge in [-0.2, -0.15) is 8.78 Å². The van der Waals surface area contributed by atoms with Crippen LogP contribution in [-0.2, 0) is 4.79 Å². The Kier molecular flexibility index (Phi) is 6.31. The first-order valence-corrected chi connectivity index (χ1v) is 7.65. The van der Waals surface area contributed by atoms with Crippen LogP contribution in [0.1, 0.15) is 5.56 Å². The van der Waals surface area contributed by atoms with Crippen LogP contribution < -0.4 is 14.8 Å². The number of alkyl halides is 2. The van der Waals surface area contributed by atoms with E-state index in [1.807, 2.05) is 0 Å². The van der Waals surface area contributed by atoms with Gasteiger partial charge in [0.05, 0.1) is 7.11 Å². The van der Waals surface area contributed by atoms with Gasteiger partial charge in [0.2, 0.25) is 5.91 Å². The molecular formula is C17H14BrF2NO3. The fourth-order valence-electron chi connectivity index (χ4n) is 1.92. The summed E-state index contributed by atoms with van der Waals surface area (Å²) in [5.41, 5.74) is 0.920. The standard InChI is InChI=1S/C17H14BrF2NO3/c1-23-14-4-2-3-11(16(14)24-17(19)20)5-10-15(22)21-13-8-6-12(18)7-9-13/h2-10,17H,1H3,(H,21,22)/b10-5+. The van der Waals surface area contributed by atoms with Gasteiger partial charge in [-0.25, -0.2) is 0 Å². The van der Waals surface area contributed by atoms with Crippen molar-refractivity contribution < 1.29 is 23.0 Å². The average molecular weight is 398 g/mol. The summed E-state index contributed by atoms with van der Waals surface area (Å²) in [6.07, 6.45) is 2.61. The number of carbonyl (C=O) groups excluding carboxylic acids is 1. The topological polar surface area (TPSA) is 47.6 Å². The first kappa shape index (κ1) is 17.9. The third-order valence-electron chi connectivity index (χ3n) is 2.96. The number of nitrogens with one attached hydrogen (secondary N) is 1. The molecule has 0 bridgehead atoms. The summed E-state index contributed by atoms with van der Waals surface area (Å²) in [6.45, 7) is -3.00. The summed E-state index contributed by atoms with van der Waals surface area (Å²) >= 11 is 3.30. The third-order valence-corrected chi connectivity index (χ3v) is 3.49. The molecule has 0 unspecified atom stereocenters. The molecule has 0 saturated heterocycles. The van der Waals surface area contributed by atoms with E-state index < -0.39 is 12.5 Å². The second kappa shape index (κ2) is 8.44. The molecule has 0 fully saturated rings. The summed E-state index contributed by atoms with van der Waals surface area (Å²) in [5, 5.41) is 2.66. The Morgan fingerprint density at radius 3 is 2.54 bits per heavy atom. The first-order chi connectivity index (χ1) is 11.5. The largest absolute Gasteiger partial charge is 0.493 e. The fraction of sp³-hybridized carbons (Fsp3) is 0.118. The van der Waals surface area contributed by atoms with Crippen LogP contribution in [0.4, 0.5) is 14.5 Å². The van der Waals surface area contributed by atoms with Crippen molar-refractivity contribution in [3.05, 3.63) is 58.6 Å². The predicted molar refractivity (Wildman–Crippen MR) is 91.4 cm³/mol. The van der Waals surface area contributed by atoms with Gasteiger partial charge in [0, 0.05) is 21.8 Å². The van der Waals surface area contributed by atoms with Crippen LogP contribution in [-0.4, -0.2) is 19.6 Å². The molecule has 0 radical (unpaired) electrons. The van der Waals surface area contributed by atoms with E-state index in [0.717, 1.165) is 4.47 Å². The molecule has 2 aromatic rings. The van der Waals surface area contributed by atoms with Crippen LogP contribution in [0.2, 0.25) is 0 Å². The van der Waals surface area contributed by atoms with Gasteiger partial charge < -0.3 is 14.8 Å². The highest BCUT2D eigenvalue weighted by atomic mass is 79.9. The molecule has 0 aliphatic heterocycles. The molecule has 2 aromatic carbocycles. The van der Waals surface area contributed by atoms with Gasteiger partial charge in [-0.05, 0) is 36.4 Å². The number of rotatable bonds is 6. The minimum atomic E-state index is -3.00. The number of benzene rings is 2. The van der Waals surface area contributed by atoms with Crippen LogP contribution >= 0.6 is 15.9 Å². The highest BCUT2D eigenvalue weighted by molar-refractivity contribution is 9.10. The Labute approximate surface area is 146 Å². The van der Waals surface area contributed by atoms with Crippen LogP contribution in [0, 0.1) is 0 Å². The van der Waals surface area contributed by atoms with Crippen LogP contribution in [0.3, 0.4) is 0 Å². The van der Waals surface area contributed by atoms with E-state index in [9.17, 15) is 13.6 Å². The van der Waals surface area contributed by atoms with Gasteiger partial charge in [0.15, 0.2) is 11.5 Å². The lowest BCUT2D eigenvalue weighted by Crippen LogP contribution is -2.08. The summed E-state index contributed by atoms with van der Waals surface area (Å²) in [7, 11) is 1.35. The maximum absolute atomic E-state index is 12.6. The van der Waals surface area contributed by atoms with Gasteiger partial charge in [-0.3, -0.25) is 4.79 Å². The molecule has 0 spiro atoms. The lowest BCUT2D eigenvalue weighted by Gasteiger charge is -2.12. The van der Waals surface area contributed by atoms with E-state index in [4.69, 9.17) is 4.74 Å². The molecular weight excluding hydrogens is 384 g/mol. The SMILES string of the molecule is COc1cccc(/C=C/C(=O)Nc2ccc(Br)cc2)c1OC(F)F. The van der Waals surface area contributed by atoms with E-state index in [-0.39, 0.29) is 11.5 Å². The van der Waals surface area contributed by atoms with Crippen LogP contribution in [0.15, 0.2) is 53.0 Å². The second-order valence-corrected chi connectivity index (χ2v) is 5.50. The number of para-hydroxylation sites is 1. The molecule has 1 N–H and O–H groups in total. The van der Waals surface area contributed by atoms with Crippen LogP contribution in [0.25, 0.3) is 6.08 Å². The zero-order valence-electron chi connectivity index (χ0n) is 12.6. The zero-order valence-corrected chi connectivity index (χ0v) is 14.2. The Hall–Kier alpha value is -2.41. The Balaban J connectivity index is 2.15. The van der Waals surface area contributed by atoms with Gasteiger partial charge in [-0.15, -0.1) is 0 Å². The predicted octanol–water partition coefficient (Wildman–Crippen LogP) is 4.71. The van der Waals surface area contributed by atoms with E-state index in [1.54, 1.807) is 36.4 Å². The van der Waals surface area contributed by atoms with Gasteiger partial charge in [0.25, 0.3) is 0 Å². The van der Waals surface area contributed by atoms with Gasteiger partial charge in [0.1, 0.15) is 0 Å². The molecule has 4 nitrogen and oxygen atoms in total. The molecule has 24 heavy (non-hydrogen) atoms. The quantitative estimate of drug-likeness (QED) is 0.717. The normalized spacial score (nSPS) is 10.9. The van der Waals surface area contributed by atoms with Crippen molar-refractivity contribution in [3.8, 4) is 11.5 Å². The van der Waals surface area contributed by atoms with E-state index in [0.29, 0.717) is 11.3 Å². The summed E-state index contributed by atoms with van der Waals surface area (Å²) in [4.78, 5) is 11.9. The van der Waals surface area contributed by atoms with Crippen molar-refractivity contribution in [2.24, 2.45) is 0 Å². The number of carbonyl (C=O) groups is 1. The third kappa shape index (κ3) is 5.06. The number of halogens is 3. The Bertz CT molecular complexity index is 733. The maximum Gasteiger partial charge on any atom is 0.387 e. The van der Waals surface area contributed by atoms with Crippen molar-refractivity contribution in [1.82, 2.24) is 0 Å². The lowest BCUT2D eigenvalue weighted by atomic mass is 10.1. The minimum absolute atomic E-state index is 0.123. The van der Waals surface area contributed by atoms with E-state index in [2.05, 4.69) is 26.0 Å². The highest BCUT2D eigenvalue weighted by Gasteiger charge is 2.14. The molecule has 0 aliphatic carbocycles. The molecule has 0 aromatic heterocycles. The van der Waals surface area contributed by atoms with Gasteiger partial charge >= 0.3 is 6.61 Å². The number of methoxy groups -OCH3 is 1. The van der Waals surface area contributed by atoms with Crippen molar-refractivity contribution in [3.63, 3.8) is 0 Å². The molecule has 0 aliphatic rings. The molecule has 0 atom stereocenters. The summed E-state index contributed by atoms with van der Waals surface area (Å²) < 4.78 is 35.5. The van der Waals surface area contributed by atoms with Crippen molar-refractivity contribution in [1.29, 1.82) is 0 Å². The lowest BCUT2D eigenvalue weighted by molar-refractivity contribution is -0.111. The maximum atomic E-state index is 12.6. The number of anilines is 1. The molecule has 126 valence electrons. The number of amides is 1. The molecule has 7 heteroatoms. The second-order valence-electron chi connectivity index (χ2n) is 4.59. The van der Waals surface area contributed by atoms with Gasteiger partial charge in [-0.1, -0.05) is 28.1 Å². The molecule has 1 amide bonds.